The van der Waals surface area contributed by atoms with Crippen LogP contribution in [0.3, 0.4) is 0 Å². The van der Waals surface area contributed by atoms with Gasteiger partial charge in [0.1, 0.15) is 5.82 Å². The molecule has 0 saturated carbocycles. The van der Waals surface area contributed by atoms with Crippen molar-refractivity contribution in [1.82, 2.24) is 14.8 Å². The molecule has 3 rings (SSSR count). The molecule has 2 aromatic heterocycles. The van der Waals surface area contributed by atoms with Crippen molar-refractivity contribution in [1.29, 1.82) is 0 Å². The van der Waals surface area contributed by atoms with E-state index in [4.69, 9.17) is 0 Å². The van der Waals surface area contributed by atoms with Gasteiger partial charge < -0.3 is 9.62 Å². The van der Waals surface area contributed by atoms with Crippen molar-refractivity contribution in [2.75, 3.05) is 24.9 Å². The second kappa shape index (κ2) is 6.31. The van der Waals surface area contributed by atoms with Crippen LogP contribution >= 0.6 is 0 Å². The van der Waals surface area contributed by atoms with Gasteiger partial charge in [-0.25, -0.2) is 4.98 Å². The summed E-state index contributed by atoms with van der Waals surface area (Å²) in [5.41, 5.74) is 2.01. The number of anilines is 1. The summed E-state index contributed by atoms with van der Waals surface area (Å²) in [6, 6.07) is 10.0. The van der Waals surface area contributed by atoms with Gasteiger partial charge in [-0.3, -0.25) is 4.98 Å². The van der Waals surface area contributed by atoms with Gasteiger partial charge in [0.25, 0.3) is 0 Å². The Hall–Kier alpha value is -1.19. The molecule has 1 aliphatic rings. The van der Waals surface area contributed by atoms with Gasteiger partial charge in [-0.2, -0.15) is 0 Å². The first kappa shape index (κ1) is 14.2. The Morgan fingerprint density at radius 1 is 1.11 bits per heavy atom. The van der Waals surface area contributed by atoms with E-state index in [1.165, 1.54) is 0 Å². The van der Waals surface area contributed by atoms with Crippen LogP contribution in [0.1, 0.15) is 0 Å². The fraction of sp³-hybridized carbons (Fsp3) is 0.231. The van der Waals surface area contributed by atoms with Gasteiger partial charge in [-0.15, -0.1) is 0 Å². The van der Waals surface area contributed by atoms with E-state index in [-0.39, 0.29) is 21.1 Å². The minimum absolute atomic E-state index is 0. The average molecular weight is 432 g/mol. The average Bonchev–Trinajstić information content (AvgIpc) is 2.87. The fourth-order valence-corrected chi connectivity index (χ4v) is 2.03. The number of likely N-dealkylation sites (N-methyl/N-ethyl adjacent to an activating group) is 1. The van der Waals surface area contributed by atoms with Gasteiger partial charge >= 0.3 is 7.55 Å². The number of aromatic nitrogens is 2. The smallest absolute Gasteiger partial charge is 0.353 e. The van der Waals surface area contributed by atoms with Gasteiger partial charge in [0.2, 0.25) is 0 Å². The van der Waals surface area contributed by atoms with Crippen LogP contribution in [0.4, 0.5) is 5.82 Å². The van der Waals surface area contributed by atoms with Crippen LogP contribution in [0.2, 0.25) is 0 Å². The number of pyridine rings is 2. The molecule has 99 valence electrons. The third kappa shape index (κ3) is 3.23. The van der Waals surface area contributed by atoms with E-state index in [0.717, 1.165) is 30.2 Å². The maximum absolute atomic E-state index is 4.50. The third-order valence-corrected chi connectivity index (χ3v) is 3.03. The topological polar surface area (TPSA) is 32.3 Å². The molecule has 6 heteroatoms. The Morgan fingerprint density at radius 3 is 2.58 bits per heavy atom. The summed E-state index contributed by atoms with van der Waals surface area (Å²) < 4.78 is 0. The molecule has 1 radical (unpaired) electrons. The van der Waals surface area contributed by atoms with Crippen molar-refractivity contribution >= 4 is 13.4 Å². The summed E-state index contributed by atoms with van der Waals surface area (Å²) in [6.45, 7) is 2.04. The number of nitrogens with zero attached hydrogens (tertiary/aromatic N) is 4. The number of hydrogen-bond acceptors (Lipinski definition) is 4. The van der Waals surface area contributed by atoms with Gasteiger partial charge in [-0.05, 0) is 31.3 Å². The molecule has 0 unspecified atom stereocenters. The van der Waals surface area contributed by atoms with Gasteiger partial charge in [-0.1, -0.05) is 6.07 Å². The molecular formula is C13H14BN4Pt. The largest absolute Gasteiger partial charge is 0.388 e. The van der Waals surface area contributed by atoms with Crippen LogP contribution in [0.15, 0.2) is 42.7 Å². The summed E-state index contributed by atoms with van der Waals surface area (Å²) in [7, 11) is 4.16. The Kier molecular flexibility index (Phi) is 4.72. The molecule has 0 amide bonds. The SMILES string of the molecule is CN1[B]N(c2ccc(-c3ccccn3)cn2)CC1.[Pt]. The molecule has 0 aliphatic carbocycles. The second-order valence-corrected chi connectivity index (χ2v) is 4.41. The summed E-state index contributed by atoms with van der Waals surface area (Å²) in [5, 5.41) is 0. The first-order valence-corrected chi connectivity index (χ1v) is 6.02. The van der Waals surface area contributed by atoms with E-state index in [1.54, 1.807) is 6.20 Å². The Labute approximate surface area is 128 Å². The van der Waals surface area contributed by atoms with Crippen LogP contribution < -0.4 is 4.81 Å². The Balaban J connectivity index is 0.00000133. The molecule has 1 aliphatic heterocycles. The molecule has 0 aromatic carbocycles. The minimum Gasteiger partial charge on any atom is -0.388 e. The van der Waals surface area contributed by atoms with Crippen molar-refractivity contribution in [2.24, 2.45) is 0 Å². The molecule has 3 heterocycles. The van der Waals surface area contributed by atoms with Gasteiger partial charge in [0.15, 0.2) is 0 Å². The maximum atomic E-state index is 4.50. The van der Waals surface area contributed by atoms with E-state index >= 15 is 0 Å². The van der Waals surface area contributed by atoms with E-state index < -0.39 is 0 Å². The van der Waals surface area contributed by atoms with Crippen molar-refractivity contribution in [2.45, 2.75) is 0 Å². The zero-order valence-electron chi connectivity index (χ0n) is 10.6. The molecule has 0 atom stereocenters. The summed E-state index contributed by atoms with van der Waals surface area (Å²) in [6.07, 6.45) is 3.68. The zero-order valence-corrected chi connectivity index (χ0v) is 12.9. The van der Waals surface area contributed by atoms with Crippen LogP contribution in [-0.2, 0) is 21.1 Å². The van der Waals surface area contributed by atoms with Crippen LogP contribution in [0, 0.1) is 0 Å². The van der Waals surface area contributed by atoms with Crippen LogP contribution in [0.5, 0.6) is 0 Å². The molecule has 0 N–H and O–H groups in total. The maximum Gasteiger partial charge on any atom is 0.353 e. The second-order valence-electron chi connectivity index (χ2n) is 4.41. The fourth-order valence-electron chi connectivity index (χ4n) is 2.03. The monoisotopic (exact) mass is 432 g/mol. The van der Waals surface area contributed by atoms with Crippen LogP contribution in [0.25, 0.3) is 11.3 Å². The predicted molar refractivity (Wildman–Crippen MR) is 73.2 cm³/mol. The molecule has 1 fully saturated rings. The van der Waals surface area contributed by atoms with Crippen molar-refractivity contribution in [3.8, 4) is 11.3 Å². The quantitative estimate of drug-likeness (QED) is 0.673. The van der Waals surface area contributed by atoms with E-state index in [1.807, 2.05) is 30.5 Å². The predicted octanol–water partition coefficient (Wildman–Crippen LogP) is 1.43. The van der Waals surface area contributed by atoms with Gasteiger partial charge in [0, 0.05) is 52.1 Å². The Morgan fingerprint density at radius 2 is 2.00 bits per heavy atom. The third-order valence-electron chi connectivity index (χ3n) is 3.03. The Bertz CT molecular complexity index is 520. The summed E-state index contributed by atoms with van der Waals surface area (Å²) in [5.74, 6) is 0.985. The normalized spacial score (nSPS) is 14.9. The molecule has 1 saturated heterocycles. The van der Waals surface area contributed by atoms with Crippen LogP contribution in [-0.4, -0.2) is 42.5 Å². The van der Waals surface area contributed by atoms with E-state index in [9.17, 15) is 0 Å². The zero-order chi connectivity index (χ0) is 12.4. The molecule has 0 spiro atoms. The standard InChI is InChI=1S/C13H14BN4.Pt/c1-17-8-9-18(14-17)13-6-5-11(10-16-13)12-4-2-3-7-15-12;/h2-7,10H,8-9H2,1H3;. The van der Waals surface area contributed by atoms with Gasteiger partial charge in [0.05, 0.1) is 5.69 Å². The first-order valence-electron chi connectivity index (χ1n) is 6.02. The van der Waals surface area contributed by atoms with Crippen molar-refractivity contribution in [3.05, 3.63) is 42.7 Å². The molecule has 0 bridgehead atoms. The van der Waals surface area contributed by atoms with E-state index in [2.05, 4.69) is 40.3 Å². The molecule has 19 heavy (non-hydrogen) atoms. The minimum atomic E-state index is 0. The molecule has 4 nitrogen and oxygen atoms in total. The molecule has 2 aromatic rings. The van der Waals surface area contributed by atoms with Crippen molar-refractivity contribution < 1.29 is 21.1 Å². The first-order chi connectivity index (χ1) is 8.83. The van der Waals surface area contributed by atoms with E-state index in [0.29, 0.717) is 0 Å². The molecular weight excluding hydrogens is 418 g/mol. The number of hydrogen-bond donors (Lipinski definition) is 0. The summed E-state index contributed by atoms with van der Waals surface area (Å²) in [4.78, 5) is 13.1. The summed E-state index contributed by atoms with van der Waals surface area (Å²) >= 11 is 0. The number of rotatable bonds is 2. The van der Waals surface area contributed by atoms with Crippen molar-refractivity contribution in [3.63, 3.8) is 0 Å².